The number of hydrogen-bond acceptors (Lipinski definition) is 3. The van der Waals surface area contributed by atoms with Crippen molar-refractivity contribution in [1.82, 2.24) is 9.62 Å². The molecule has 0 aromatic rings. The van der Waals surface area contributed by atoms with Crippen molar-refractivity contribution in [3.05, 3.63) is 0 Å². The second kappa shape index (κ2) is 7.93. The lowest BCUT2D eigenvalue weighted by molar-refractivity contribution is 0.251. The Bertz CT molecular complexity index is 403. The Kier molecular flexibility index (Phi) is 6.51. The van der Waals surface area contributed by atoms with Gasteiger partial charge in [0.2, 0.25) is 10.0 Å². The van der Waals surface area contributed by atoms with E-state index in [1.807, 2.05) is 0 Å². The molecule has 1 heterocycles. The van der Waals surface area contributed by atoms with Gasteiger partial charge in [0, 0.05) is 13.1 Å². The lowest BCUT2D eigenvalue weighted by Gasteiger charge is -2.31. The van der Waals surface area contributed by atoms with Crippen LogP contribution in [0.25, 0.3) is 0 Å². The third-order valence-electron chi connectivity index (χ3n) is 5.25. The number of piperidine rings is 1. The molecule has 21 heavy (non-hydrogen) atoms. The summed E-state index contributed by atoms with van der Waals surface area (Å²) < 4.78 is 24.8. The molecule has 1 unspecified atom stereocenters. The topological polar surface area (TPSA) is 49.4 Å². The van der Waals surface area contributed by atoms with Gasteiger partial charge in [0.1, 0.15) is 0 Å². The van der Waals surface area contributed by atoms with E-state index in [1.165, 1.54) is 38.4 Å². The zero-order chi connectivity index (χ0) is 15.3. The predicted octanol–water partition coefficient (Wildman–Crippen LogP) is 2.46. The zero-order valence-corrected chi connectivity index (χ0v) is 14.5. The van der Waals surface area contributed by atoms with Gasteiger partial charge in [-0.25, -0.2) is 12.7 Å². The Morgan fingerprint density at radius 1 is 1.10 bits per heavy atom. The lowest BCUT2D eigenvalue weighted by atomic mass is 9.81. The number of hydrogen-bond donors (Lipinski definition) is 1. The second-order valence-electron chi connectivity index (χ2n) is 7.25. The molecular weight excluding hydrogens is 284 g/mol. The first kappa shape index (κ1) is 17.2. The number of rotatable bonds is 6. The molecule has 4 nitrogen and oxygen atoms in total. The molecule has 1 aliphatic heterocycles. The number of nitrogens with zero attached hydrogens (tertiary/aromatic N) is 1. The summed E-state index contributed by atoms with van der Waals surface area (Å²) in [7, 11) is -3.01. The van der Waals surface area contributed by atoms with Crippen LogP contribution in [0.3, 0.4) is 0 Å². The van der Waals surface area contributed by atoms with Crippen molar-refractivity contribution in [2.24, 2.45) is 17.8 Å². The Morgan fingerprint density at radius 2 is 1.81 bits per heavy atom. The van der Waals surface area contributed by atoms with Crippen molar-refractivity contribution >= 4 is 10.0 Å². The number of nitrogens with one attached hydrogen (secondary N) is 1. The molecule has 5 heteroatoms. The SMILES string of the molecule is CC1CCC(CCNCC2CCCN(S(C)(=O)=O)C2)CC1. The summed E-state index contributed by atoms with van der Waals surface area (Å²) in [5, 5.41) is 3.56. The summed E-state index contributed by atoms with van der Waals surface area (Å²) in [4.78, 5) is 0. The third kappa shape index (κ3) is 5.87. The molecule has 2 rings (SSSR count). The molecule has 1 N–H and O–H groups in total. The Hall–Kier alpha value is -0.130. The quantitative estimate of drug-likeness (QED) is 0.766. The average Bonchev–Trinajstić information content (AvgIpc) is 2.45. The van der Waals surface area contributed by atoms with Crippen molar-refractivity contribution in [1.29, 1.82) is 0 Å². The van der Waals surface area contributed by atoms with Crippen LogP contribution in [-0.4, -0.2) is 45.2 Å². The summed E-state index contributed by atoms with van der Waals surface area (Å²) in [5.41, 5.74) is 0. The summed E-state index contributed by atoms with van der Waals surface area (Å²) >= 11 is 0. The first-order valence-corrected chi connectivity index (χ1v) is 10.5. The molecule has 124 valence electrons. The van der Waals surface area contributed by atoms with Gasteiger partial charge in [-0.1, -0.05) is 32.6 Å². The van der Waals surface area contributed by atoms with E-state index in [0.29, 0.717) is 19.0 Å². The Balaban J connectivity index is 1.60. The first-order chi connectivity index (χ1) is 9.95. The van der Waals surface area contributed by atoms with Crippen LogP contribution in [-0.2, 0) is 10.0 Å². The molecule has 0 bridgehead atoms. The monoisotopic (exact) mass is 316 g/mol. The van der Waals surface area contributed by atoms with Crippen molar-refractivity contribution in [3.8, 4) is 0 Å². The molecule has 2 fully saturated rings. The highest BCUT2D eigenvalue weighted by Crippen LogP contribution is 2.30. The maximum Gasteiger partial charge on any atom is 0.211 e. The fourth-order valence-corrected chi connectivity index (χ4v) is 4.67. The van der Waals surface area contributed by atoms with Gasteiger partial charge in [-0.3, -0.25) is 0 Å². The highest BCUT2D eigenvalue weighted by atomic mass is 32.2. The highest BCUT2D eigenvalue weighted by Gasteiger charge is 2.25. The smallest absolute Gasteiger partial charge is 0.211 e. The van der Waals surface area contributed by atoms with Gasteiger partial charge >= 0.3 is 0 Å². The van der Waals surface area contributed by atoms with Crippen LogP contribution in [0.1, 0.15) is 51.9 Å². The first-order valence-electron chi connectivity index (χ1n) is 8.61. The maximum absolute atomic E-state index is 11.6. The average molecular weight is 317 g/mol. The van der Waals surface area contributed by atoms with Gasteiger partial charge in [-0.15, -0.1) is 0 Å². The number of sulfonamides is 1. The molecule has 1 atom stereocenters. The van der Waals surface area contributed by atoms with Gasteiger partial charge < -0.3 is 5.32 Å². The van der Waals surface area contributed by atoms with Crippen molar-refractivity contribution < 1.29 is 8.42 Å². The van der Waals surface area contributed by atoms with Gasteiger partial charge in [0.25, 0.3) is 0 Å². The minimum Gasteiger partial charge on any atom is -0.316 e. The third-order valence-corrected chi connectivity index (χ3v) is 6.52. The molecule has 0 amide bonds. The predicted molar refractivity (Wildman–Crippen MR) is 87.7 cm³/mol. The van der Waals surface area contributed by atoms with Crippen LogP contribution in [0.4, 0.5) is 0 Å². The summed E-state index contributed by atoms with van der Waals surface area (Å²) in [6.45, 7) is 5.83. The molecule has 0 aromatic carbocycles. The van der Waals surface area contributed by atoms with Crippen LogP contribution in [0, 0.1) is 17.8 Å². The van der Waals surface area contributed by atoms with Gasteiger partial charge in [-0.05, 0) is 50.1 Å². The van der Waals surface area contributed by atoms with E-state index in [4.69, 9.17) is 0 Å². The molecular formula is C16H32N2O2S. The van der Waals surface area contributed by atoms with E-state index >= 15 is 0 Å². The van der Waals surface area contributed by atoms with E-state index in [1.54, 1.807) is 4.31 Å². The zero-order valence-electron chi connectivity index (χ0n) is 13.7. The fraction of sp³-hybridized carbons (Fsp3) is 1.00. The summed E-state index contributed by atoms with van der Waals surface area (Å²) in [6.07, 6.45) is 10.4. The molecule has 0 radical (unpaired) electrons. The van der Waals surface area contributed by atoms with Crippen molar-refractivity contribution in [2.75, 3.05) is 32.4 Å². The highest BCUT2D eigenvalue weighted by molar-refractivity contribution is 7.88. The normalized spacial score (nSPS) is 32.2. The lowest BCUT2D eigenvalue weighted by Crippen LogP contribution is -2.42. The minimum absolute atomic E-state index is 0.486. The fourth-order valence-electron chi connectivity index (χ4n) is 3.72. The molecule has 2 aliphatic rings. The second-order valence-corrected chi connectivity index (χ2v) is 9.23. The van der Waals surface area contributed by atoms with E-state index in [0.717, 1.165) is 37.8 Å². The maximum atomic E-state index is 11.6. The van der Waals surface area contributed by atoms with Gasteiger partial charge in [0.15, 0.2) is 0 Å². The van der Waals surface area contributed by atoms with E-state index < -0.39 is 10.0 Å². The molecule has 0 aromatic heterocycles. The summed E-state index contributed by atoms with van der Waals surface area (Å²) in [5.74, 6) is 2.32. The minimum atomic E-state index is -3.01. The van der Waals surface area contributed by atoms with Crippen LogP contribution in [0.5, 0.6) is 0 Å². The van der Waals surface area contributed by atoms with Crippen molar-refractivity contribution in [2.45, 2.75) is 51.9 Å². The molecule has 1 saturated heterocycles. The van der Waals surface area contributed by atoms with Crippen LogP contribution >= 0.6 is 0 Å². The summed E-state index contributed by atoms with van der Waals surface area (Å²) in [6, 6.07) is 0. The van der Waals surface area contributed by atoms with Crippen molar-refractivity contribution in [3.63, 3.8) is 0 Å². The van der Waals surface area contributed by atoms with Gasteiger partial charge in [-0.2, -0.15) is 0 Å². The van der Waals surface area contributed by atoms with Crippen LogP contribution < -0.4 is 5.32 Å². The Morgan fingerprint density at radius 3 is 2.48 bits per heavy atom. The van der Waals surface area contributed by atoms with E-state index in [2.05, 4.69) is 12.2 Å². The van der Waals surface area contributed by atoms with E-state index in [9.17, 15) is 8.42 Å². The van der Waals surface area contributed by atoms with Crippen LogP contribution in [0.15, 0.2) is 0 Å². The molecule has 1 saturated carbocycles. The Labute approximate surface area is 130 Å². The largest absolute Gasteiger partial charge is 0.316 e. The van der Waals surface area contributed by atoms with Gasteiger partial charge in [0.05, 0.1) is 6.26 Å². The van der Waals surface area contributed by atoms with Crippen LogP contribution in [0.2, 0.25) is 0 Å². The molecule has 1 aliphatic carbocycles. The molecule has 0 spiro atoms. The van der Waals surface area contributed by atoms with E-state index in [-0.39, 0.29) is 0 Å². The standard InChI is InChI=1S/C16H32N2O2S/c1-14-5-7-15(8-6-14)9-10-17-12-16-4-3-11-18(13-16)21(2,19)20/h14-17H,3-13H2,1-2H3.